The summed E-state index contributed by atoms with van der Waals surface area (Å²) in [5, 5.41) is 3.09. The summed E-state index contributed by atoms with van der Waals surface area (Å²) >= 11 is 0. The van der Waals surface area contributed by atoms with E-state index in [4.69, 9.17) is 0 Å². The molecular weight excluding hydrogens is 208 g/mol. The normalized spacial score (nSPS) is 31.0. The lowest BCUT2D eigenvalue weighted by Gasteiger charge is -2.41. The van der Waals surface area contributed by atoms with Crippen LogP contribution >= 0.6 is 0 Å². The minimum Gasteiger partial charge on any atom is -0.379 e. The number of allylic oxidation sites excluding steroid dienone is 1. The van der Waals surface area contributed by atoms with Gasteiger partial charge in [0.1, 0.15) is 11.6 Å². The minimum atomic E-state index is -0.401. The van der Waals surface area contributed by atoms with Crippen molar-refractivity contribution in [3.8, 4) is 0 Å². The van der Waals surface area contributed by atoms with Gasteiger partial charge in [-0.15, -0.1) is 0 Å². The molecule has 1 aromatic carbocycles. The zero-order valence-electron chi connectivity index (χ0n) is 8.79. The second-order valence-corrected chi connectivity index (χ2v) is 4.61. The predicted molar refractivity (Wildman–Crippen MR) is 59.1 cm³/mol. The first-order valence-electron chi connectivity index (χ1n) is 5.62. The van der Waals surface area contributed by atoms with Crippen LogP contribution in [0, 0.1) is 23.5 Å². The summed E-state index contributed by atoms with van der Waals surface area (Å²) in [6.45, 7) is 0. The molecule has 0 aromatic heterocycles. The summed E-state index contributed by atoms with van der Waals surface area (Å²) in [6, 6.07) is 3.79. The average molecular weight is 221 g/mol. The van der Waals surface area contributed by atoms with Crippen LogP contribution in [-0.2, 0) is 0 Å². The van der Waals surface area contributed by atoms with E-state index in [9.17, 15) is 8.78 Å². The number of hydrogen-bond acceptors (Lipinski definition) is 1. The molecule has 0 saturated heterocycles. The molecule has 16 heavy (non-hydrogen) atoms. The number of halogens is 2. The quantitative estimate of drug-likeness (QED) is 0.755. The summed E-state index contributed by atoms with van der Waals surface area (Å²) in [6.07, 6.45) is 6.55. The lowest BCUT2D eigenvalue weighted by Crippen LogP contribution is -2.43. The van der Waals surface area contributed by atoms with Crippen LogP contribution in [0.4, 0.5) is 14.5 Å². The van der Waals surface area contributed by atoms with Crippen molar-refractivity contribution in [1.29, 1.82) is 0 Å². The van der Waals surface area contributed by atoms with E-state index in [2.05, 4.69) is 17.5 Å². The highest BCUT2D eigenvalue weighted by atomic mass is 19.1. The highest BCUT2D eigenvalue weighted by molar-refractivity contribution is 5.47. The molecule has 0 aliphatic heterocycles. The molecule has 1 nitrogen and oxygen atoms in total. The number of hydrogen-bond donors (Lipinski definition) is 1. The fourth-order valence-corrected chi connectivity index (χ4v) is 2.69. The molecule has 0 amide bonds. The first kappa shape index (κ1) is 9.82. The van der Waals surface area contributed by atoms with Crippen LogP contribution in [0.5, 0.6) is 0 Å². The Kier molecular flexibility index (Phi) is 2.20. The molecule has 2 aliphatic rings. The largest absolute Gasteiger partial charge is 0.379 e. The van der Waals surface area contributed by atoms with E-state index in [1.807, 2.05) is 0 Å². The molecule has 0 spiro atoms. The van der Waals surface area contributed by atoms with Crippen molar-refractivity contribution in [2.24, 2.45) is 11.8 Å². The van der Waals surface area contributed by atoms with Crippen molar-refractivity contribution < 1.29 is 8.78 Å². The predicted octanol–water partition coefficient (Wildman–Crippen LogP) is 3.34. The van der Waals surface area contributed by atoms with Gasteiger partial charge in [0.15, 0.2) is 0 Å². The SMILES string of the molecule is Fc1ccc(F)c(NC2CC3CC=CC32)c1. The number of rotatable bonds is 2. The number of nitrogens with one attached hydrogen (secondary N) is 1. The lowest BCUT2D eigenvalue weighted by atomic mass is 9.71. The highest BCUT2D eigenvalue weighted by Gasteiger charge is 2.41. The molecule has 1 fully saturated rings. The Bertz CT molecular complexity index is 442. The Balaban J connectivity index is 1.75. The second-order valence-electron chi connectivity index (χ2n) is 4.61. The van der Waals surface area contributed by atoms with Crippen molar-refractivity contribution in [3.63, 3.8) is 0 Å². The lowest BCUT2D eigenvalue weighted by molar-refractivity contribution is 0.217. The van der Waals surface area contributed by atoms with Crippen LogP contribution in [0.15, 0.2) is 30.4 Å². The van der Waals surface area contributed by atoms with Crippen molar-refractivity contribution in [1.82, 2.24) is 0 Å². The summed E-state index contributed by atoms with van der Waals surface area (Å²) in [5.74, 6) is 0.436. The molecule has 3 rings (SSSR count). The molecular formula is C13H13F2N. The molecule has 1 saturated carbocycles. The summed E-state index contributed by atoms with van der Waals surface area (Å²) < 4.78 is 26.4. The van der Waals surface area contributed by atoms with E-state index in [0.717, 1.165) is 25.0 Å². The van der Waals surface area contributed by atoms with Gasteiger partial charge in [0.25, 0.3) is 0 Å². The first-order chi connectivity index (χ1) is 7.74. The van der Waals surface area contributed by atoms with Crippen LogP contribution in [0.2, 0.25) is 0 Å². The zero-order chi connectivity index (χ0) is 11.1. The molecule has 3 heteroatoms. The summed E-state index contributed by atoms with van der Waals surface area (Å²) in [4.78, 5) is 0. The van der Waals surface area contributed by atoms with Gasteiger partial charge in [-0.3, -0.25) is 0 Å². The van der Waals surface area contributed by atoms with Crippen molar-refractivity contribution in [2.75, 3.05) is 5.32 Å². The van der Waals surface area contributed by atoms with Gasteiger partial charge in [-0.2, -0.15) is 0 Å². The van der Waals surface area contributed by atoms with Gasteiger partial charge in [-0.1, -0.05) is 12.2 Å². The Morgan fingerprint density at radius 1 is 1.25 bits per heavy atom. The molecule has 0 bridgehead atoms. The van der Waals surface area contributed by atoms with Crippen molar-refractivity contribution >= 4 is 5.69 Å². The third-order valence-electron chi connectivity index (χ3n) is 3.63. The van der Waals surface area contributed by atoms with E-state index in [0.29, 0.717) is 11.8 Å². The van der Waals surface area contributed by atoms with Gasteiger partial charge in [0.05, 0.1) is 5.69 Å². The number of benzene rings is 1. The summed E-state index contributed by atoms with van der Waals surface area (Å²) in [5.41, 5.74) is 0.281. The molecule has 3 atom stereocenters. The monoisotopic (exact) mass is 221 g/mol. The number of fused-ring (bicyclic) bond motifs is 1. The fourth-order valence-electron chi connectivity index (χ4n) is 2.69. The zero-order valence-corrected chi connectivity index (χ0v) is 8.79. The smallest absolute Gasteiger partial charge is 0.146 e. The third kappa shape index (κ3) is 1.51. The maximum atomic E-state index is 13.4. The van der Waals surface area contributed by atoms with Crippen LogP contribution < -0.4 is 5.32 Å². The van der Waals surface area contributed by atoms with Crippen molar-refractivity contribution in [2.45, 2.75) is 18.9 Å². The van der Waals surface area contributed by atoms with Crippen LogP contribution in [0.3, 0.4) is 0 Å². The first-order valence-corrected chi connectivity index (χ1v) is 5.62. The van der Waals surface area contributed by atoms with Gasteiger partial charge in [0.2, 0.25) is 0 Å². The van der Waals surface area contributed by atoms with Gasteiger partial charge in [-0.25, -0.2) is 8.78 Å². The summed E-state index contributed by atoms with van der Waals surface area (Å²) in [7, 11) is 0. The molecule has 1 aromatic rings. The van der Waals surface area contributed by atoms with Crippen molar-refractivity contribution in [3.05, 3.63) is 42.0 Å². The Hall–Kier alpha value is -1.38. The molecule has 84 valence electrons. The number of anilines is 1. The maximum Gasteiger partial charge on any atom is 0.146 e. The van der Waals surface area contributed by atoms with E-state index in [-0.39, 0.29) is 17.5 Å². The van der Waals surface area contributed by atoms with Gasteiger partial charge >= 0.3 is 0 Å². The molecule has 0 radical (unpaired) electrons. The Morgan fingerprint density at radius 3 is 2.94 bits per heavy atom. The van der Waals surface area contributed by atoms with E-state index in [1.165, 1.54) is 6.07 Å². The average Bonchev–Trinajstić information content (AvgIpc) is 2.61. The van der Waals surface area contributed by atoms with Crippen LogP contribution in [0.1, 0.15) is 12.8 Å². The van der Waals surface area contributed by atoms with E-state index >= 15 is 0 Å². The Morgan fingerprint density at radius 2 is 2.12 bits per heavy atom. The molecule has 3 unspecified atom stereocenters. The third-order valence-corrected chi connectivity index (χ3v) is 3.63. The standard InChI is InChI=1S/C13H13F2N/c14-9-4-5-11(15)13(7-9)16-12-6-8-2-1-3-10(8)12/h1,3-5,7-8,10,12,16H,2,6H2. The minimum absolute atomic E-state index is 0.264. The molecule has 0 heterocycles. The van der Waals surface area contributed by atoms with E-state index in [1.54, 1.807) is 0 Å². The van der Waals surface area contributed by atoms with E-state index < -0.39 is 5.82 Å². The Labute approximate surface area is 93.2 Å². The van der Waals surface area contributed by atoms with Crippen LogP contribution in [-0.4, -0.2) is 6.04 Å². The highest BCUT2D eigenvalue weighted by Crippen LogP contribution is 2.44. The second kappa shape index (κ2) is 3.58. The maximum absolute atomic E-state index is 13.4. The fraction of sp³-hybridized carbons (Fsp3) is 0.385. The van der Waals surface area contributed by atoms with Gasteiger partial charge in [0, 0.05) is 12.0 Å². The van der Waals surface area contributed by atoms with Gasteiger partial charge in [-0.05, 0) is 37.0 Å². The topological polar surface area (TPSA) is 12.0 Å². The van der Waals surface area contributed by atoms with Crippen LogP contribution in [0.25, 0.3) is 0 Å². The molecule has 2 aliphatic carbocycles. The van der Waals surface area contributed by atoms with Gasteiger partial charge < -0.3 is 5.32 Å². The molecule has 1 N–H and O–H groups in total.